The van der Waals surface area contributed by atoms with E-state index in [4.69, 9.17) is 4.74 Å². The molecule has 0 aliphatic rings. The predicted octanol–water partition coefficient (Wildman–Crippen LogP) is 4.11. The molecule has 5 heteroatoms. The highest BCUT2D eigenvalue weighted by molar-refractivity contribution is 5.85. The van der Waals surface area contributed by atoms with Gasteiger partial charge in [0.15, 0.2) is 0 Å². The second kappa shape index (κ2) is 11.3. The average molecular weight is 328 g/mol. The minimum Gasteiger partial charge on any atom is -0.444 e. The molecule has 0 aromatic carbocycles. The number of rotatable bonds is 10. The van der Waals surface area contributed by atoms with Crippen LogP contribution in [-0.4, -0.2) is 42.1 Å². The summed E-state index contributed by atoms with van der Waals surface area (Å²) in [6.45, 7) is 10.4. The summed E-state index contributed by atoms with van der Waals surface area (Å²) >= 11 is 0. The van der Waals surface area contributed by atoms with E-state index in [0.29, 0.717) is 6.42 Å². The largest absolute Gasteiger partial charge is 0.444 e. The van der Waals surface area contributed by atoms with Crippen molar-refractivity contribution in [3.8, 4) is 0 Å². The standard InChI is InChI=1S/C18H36N2O3/c1-7-9-11-12-13-15(16(21)20(6)14-10-8-2)19-17(22)23-18(3,4)5/h15H,7-14H2,1-6H3,(H,19,22). The van der Waals surface area contributed by atoms with Crippen molar-refractivity contribution in [2.75, 3.05) is 13.6 Å². The summed E-state index contributed by atoms with van der Waals surface area (Å²) < 4.78 is 5.29. The maximum absolute atomic E-state index is 12.6. The summed E-state index contributed by atoms with van der Waals surface area (Å²) in [4.78, 5) is 26.3. The van der Waals surface area contributed by atoms with Crippen LogP contribution >= 0.6 is 0 Å². The zero-order chi connectivity index (χ0) is 17.9. The Balaban J connectivity index is 4.65. The van der Waals surface area contributed by atoms with Crippen LogP contribution in [0.5, 0.6) is 0 Å². The number of hydrogen-bond acceptors (Lipinski definition) is 3. The van der Waals surface area contributed by atoms with Crippen molar-refractivity contribution in [1.82, 2.24) is 10.2 Å². The van der Waals surface area contributed by atoms with Crippen molar-refractivity contribution < 1.29 is 14.3 Å². The molecule has 0 aliphatic carbocycles. The molecule has 0 radical (unpaired) electrons. The van der Waals surface area contributed by atoms with Gasteiger partial charge in [-0.1, -0.05) is 46.0 Å². The van der Waals surface area contributed by atoms with Crippen LogP contribution in [0.1, 0.15) is 79.6 Å². The Morgan fingerprint density at radius 2 is 1.65 bits per heavy atom. The van der Waals surface area contributed by atoms with Crippen LogP contribution in [0.15, 0.2) is 0 Å². The Morgan fingerprint density at radius 3 is 2.17 bits per heavy atom. The van der Waals surface area contributed by atoms with E-state index in [1.165, 1.54) is 0 Å². The van der Waals surface area contributed by atoms with E-state index in [9.17, 15) is 9.59 Å². The van der Waals surface area contributed by atoms with Crippen molar-refractivity contribution in [3.63, 3.8) is 0 Å². The summed E-state index contributed by atoms with van der Waals surface area (Å²) in [5.41, 5.74) is -0.562. The molecule has 0 saturated carbocycles. The molecule has 0 aromatic heterocycles. The van der Waals surface area contributed by atoms with E-state index < -0.39 is 17.7 Å². The lowest BCUT2D eigenvalue weighted by molar-refractivity contribution is -0.132. The van der Waals surface area contributed by atoms with Crippen LogP contribution in [0.4, 0.5) is 4.79 Å². The quantitative estimate of drug-likeness (QED) is 0.614. The molecule has 136 valence electrons. The lowest BCUT2D eigenvalue weighted by Gasteiger charge is -2.26. The number of nitrogens with zero attached hydrogens (tertiary/aromatic N) is 1. The molecule has 0 saturated heterocycles. The third-order valence-electron chi connectivity index (χ3n) is 3.56. The van der Waals surface area contributed by atoms with Crippen LogP contribution in [0, 0.1) is 0 Å². The molecule has 23 heavy (non-hydrogen) atoms. The molecule has 1 N–H and O–H groups in total. The number of nitrogens with one attached hydrogen (secondary N) is 1. The highest BCUT2D eigenvalue weighted by Gasteiger charge is 2.26. The number of ether oxygens (including phenoxy) is 1. The van der Waals surface area contributed by atoms with Gasteiger partial charge in [0.1, 0.15) is 11.6 Å². The Labute approximate surface area is 142 Å². The van der Waals surface area contributed by atoms with Gasteiger partial charge >= 0.3 is 6.09 Å². The lowest BCUT2D eigenvalue weighted by Crippen LogP contribution is -2.48. The highest BCUT2D eigenvalue weighted by atomic mass is 16.6. The fraction of sp³-hybridized carbons (Fsp3) is 0.889. The van der Waals surface area contributed by atoms with Gasteiger partial charge in [0.25, 0.3) is 0 Å². The number of hydrogen-bond donors (Lipinski definition) is 1. The number of carbonyl (C=O) groups excluding carboxylic acids is 2. The zero-order valence-electron chi connectivity index (χ0n) is 15.9. The van der Waals surface area contributed by atoms with Gasteiger partial charge in [0.2, 0.25) is 5.91 Å². The zero-order valence-corrected chi connectivity index (χ0v) is 15.9. The van der Waals surface area contributed by atoms with Crippen molar-refractivity contribution in [2.24, 2.45) is 0 Å². The first kappa shape index (κ1) is 21.7. The Bertz CT molecular complexity index is 351. The van der Waals surface area contributed by atoms with Crippen LogP contribution in [0.3, 0.4) is 0 Å². The van der Waals surface area contributed by atoms with E-state index in [1.807, 2.05) is 20.8 Å². The molecule has 1 atom stereocenters. The molecule has 0 spiro atoms. The number of carbonyl (C=O) groups is 2. The monoisotopic (exact) mass is 328 g/mol. The third kappa shape index (κ3) is 11.0. The number of alkyl carbamates (subject to hydrolysis) is 1. The minimum atomic E-state index is -0.562. The average Bonchev–Trinajstić information content (AvgIpc) is 2.45. The van der Waals surface area contributed by atoms with Crippen molar-refractivity contribution >= 4 is 12.0 Å². The van der Waals surface area contributed by atoms with Crippen molar-refractivity contribution in [2.45, 2.75) is 91.2 Å². The molecule has 5 nitrogen and oxygen atoms in total. The Hall–Kier alpha value is -1.26. The van der Waals surface area contributed by atoms with Gasteiger partial charge in [-0.05, 0) is 33.6 Å². The molecule has 0 rings (SSSR count). The van der Waals surface area contributed by atoms with E-state index in [1.54, 1.807) is 11.9 Å². The van der Waals surface area contributed by atoms with Crippen LogP contribution in [0.2, 0.25) is 0 Å². The van der Waals surface area contributed by atoms with Crippen molar-refractivity contribution in [1.29, 1.82) is 0 Å². The van der Waals surface area contributed by atoms with E-state index in [-0.39, 0.29) is 5.91 Å². The first-order chi connectivity index (χ1) is 10.7. The van der Waals surface area contributed by atoms with Crippen LogP contribution in [-0.2, 0) is 9.53 Å². The predicted molar refractivity (Wildman–Crippen MR) is 94.5 cm³/mol. The van der Waals surface area contributed by atoms with Gasteiger partial charge in [0.05, 0.1) is 0 Å². The lowest BCUT2D eigenvalue weighted by atomic mass is 10.1. The topological polar surface area (TPSA) is 58.6 Å². The van der Waals surface area contributed by atoms with E-state index in [2.05, 4.69) is 19.2 Å². The number of likely N-dealkylation sites (N-methyl/N-ethyl adjacent to an activating group) is 1. The second-order valence-corrected chi connectivity index (χ2v) is 7.16. The molecule has 0 fully saturated rings. The molecule has 2 amide bonds. The third-order valence-corrected chi connectivity index (χ3v) is 3.56. The Kier molecular flexibility index (Phi) is 10.7. The van der Waals surface area contributed by atoms with Crippen LogP contribution in [0.25, 0.3) is 0 Å². The van der Waals surface area contributed by atoms with Gasteiger partial charge < -0.3 is 15.0 Å². The molecule has 0 aliphatic heterocycles. The normalized spacial score (nSPS) is 12.6. The summed E-state index contributed by atoms with van der Waals surface area (Å²) in [5, 5.41) is 2.76. The molecule has 1 unspecified atom stereocenters. The Morgan fingerprint density at radius 1 is 1.04 bits per heavy atom. The molecule has 0 bridgehead atoms. The fourth-order valence-electron chi connectivity index (χ4n) is 2.25. The van der Waals surface area contributed by atoms with Crippen LogP contribution < -0.4 is 5.32 Å². The minimum absolute atomic E-state index is 0.0270. The summed E-state index contributed by atoms with van der Waals surface area (Å²) in [5.74, 6) is -0.0270. The van der Waals surface area contributed by atoms with E-state index in [0.717, 1.165) is 45.1 Å². The van der Waals surface area contributed by atoms with Gasteiger partial charge in [-0.25, -0.2) is 4.79 Å². The van der Waals surface area contributed by atoms with E-state index >= 15 is 0 Å². The van der Waals surface area contributed by atoms with Gasteiger partial charge in [-0.3, -0.25) is 4.79 Å². The summed E-state index contributed by atoms with van der Waals surface area (Å²) in [6.07, 6.45) is 6.46. The maximum atomic E-state index is 12.6. The van der Waals surface area contributed by atoms with Gasteiger partial charge in [0, 0.05) is 13.6 Å². The molecular formula is C18H36N2O3. The molecular weight excluding hydrogens is 292 g/mol. The smallest absolute Gasteiger partial charge is 0.408 e. The van der Waals surface area contributed by atoms with Gasteiger partial charge in [-0.15, -0.1) is 0 Å². The van der Waals surface area contributed by atoms with Gasteiger partial charge in [-0.2, -0.15) is 0 Å². The first-order valence-electron chi connectivity index (χ1n) is 8.95. The fourth-order valence-corrected chi connectivity index (χ4v) is 2.25. The number of amides is 2. The first-order valence-corrected chi connectivity index (χ1v) is 8.95. The highest BCUT2D eigenvalue weighted by Crippen LogP contribution is 2.11. The summed E-state index contributed by atoms with van der Waals surface area (Å²) in [7, 11) is 1.80. The summed E-state index contributed by atoms with van der Waals surface area (Å²) in [6, 6.07) is -0.497. The van der Waals surface area contributed by atoms with Crippen molar-refractivity contribution in [3.05, 3.63) is 0 Å². The molecule has 0 aromatic rings. The second-order valence-electron chi connectivity index (χ2n) is 7.16. The maximum Gasteiger partial charge on any atom is 0.408 e. The molecule has 0 heterocycles. The number of unbranched alkanes of at least 4 members (excludes halogenated alkanes) is 4. The SMILES string of the molecule is CCCCCCC(NC(=O)OC(C)(C)C)C(=O)N(C)CCCC.